The number of hydrogen-bond acceptors (Lipinski definition) is 4. The molecule has 0 aliphatic carbocycles. The van der Waals surface area contributed by atoms with Crippen molar-refractivity contribution < 1.29 is 0 Å². The Morgan fingerprint density at radius 3 is 1.66 bits per heavy atom. The fourth-order valence-corrected chi connectivity index (χ4v) is 4.07. The molecule has 1 aromatic carbocycles. The number of pyridine rings is 2. The van der Waals surface area contributed by atoms with Gasteiger partial charge < -0.3 is 0 Å². The van der Waals surface area contributed by atoms with Crippen molar-refractivity contribution in [2.45, 2.75) is 79.6 Å². The van der Waals surface area contributed by atoms with Crippen LogP contribution in [0.15, 0.2) is 40.9 Å². The minimum atomic E-state index is -0.0418. The summed E-state index contributed by atoms with van der Waals surface area (Å²) >= 11 is 3.27. The van der Waals surface area contributed by atoms with Crippen molar-refractivity contribution in [3.63, 3.8) is 0 Å². The predicted molar refractivity (Wildman–Crippen MR) is 146 cm³/mol. The number of halogens is 1. The number of benzene rings is 1. The fraction of sp³-hybridized carbons (Fsp3) is 0.400. The maximum Gasteiger partial charge on any atom is 0.154 e. The highest BCUT2D eigenvalue weighted by molar-refractivity contribution is 9.10. The van der Waals surface area contributed by atoms with Gasteiger partial charge in [-0.3, -0.25) is 0 Å². The largest absolute Gasteiger partial charge is 0.241 e. The molecule has 0 bridgehead atoms. The lowest BCUT2D eigenvalue weighted by Gasteiger charge is -2.19. The van der Waals surface area contributed by atoms with Gasteiger partial charge >= 0.3 is 0 Å². The molecular weight excluding hydrogens is 496 g/mol. The van der Waals surface area contributed by atoms with Crippen LogP contribution in [-0.4, -0.2) is 9.97 Å². The van der Waals surface area contributed by atoms with E-state index in [4.69, 9.17) is 5.26 Å². The lowest BCUT2D eigenvalue weighted by atomic mass is 9.89. The zero-order chi connectivity index (χ0) is 26.6. The maximum atomic E-state index is 9.46. The Balaban J connectivity index is 0.000000283. The van der Waals surface area contributed by atoms with Crippen LogP contribution in [0.1, 0.15) is 92.1 Å². The molecule has 0 unspecified atom stereocenters. The molecule has 2 heterocycles. The lowest BCUT2D eigenvalue weighted by Crippen LogP contribution is -2.15. The summed E-state index contributed by atoms with van der Waals surface area (Å²) in [6, 6.07) is 16.6. The number of aromatic nitrogens is 2. The van der Waals surface area contributed by atoms with E-state index in [0.29, 0.717) is 11.4 Å². The molecule has 0 N–H and O–H groups in total. The zero-order valence-corrected chi connectivity index (χ0v) is 23.9. The number of hydrogen-bond donors (Lipinski definition) is 0. The molecule has 5 heteroatoms. The molecule has 3 aromatic rings. The molecule has 0 fully saturated rings. The van der Waals surface area contributed by atoms with Crippen LogP contribution in [0.3, 0.4) is 0 Å². The second-order valence-corrected chi connectivity index (χ2v) is 11.9. The third kappa shape index (κ3) is 7.48. The Morgan fingerprint density at radius 1 is 0.743 bits per heavy atom. The van der Waals surface area contributed by atoms with Gasteiger partial charge in [0.2, 0.25) is 0 Å². The smallest absolute Gasteiger partial charge is 0.154 e. The number of nitriles is 2. The van der Waals surface area contributed by atoms with E-state index in [1.165, 1.54) is 22.3 Å². The van der Waals surface area contributed by atoms with Crippen LogP contribution in [-0.2, 0) is 17.3 Å². The molecule has 0 atom stereocenters. The topological polar surface area (TPSA) is 73.4 Å². The second kappa shape index (κ2) is 11.1. The summed E-state index contributed by atoms with van der Waals surface area (Å²) in [6.07, 6.45) is 0.762. The molecule has 2 aromatic heterocycles. The van der Waals surface area contributed by atoms with E-state index in [1.807, 2.05) is 18.2 Å². The summed E-state index contributed by atoms with van der Waals surface area (Å²) in [5, 5.41) is 18.2. The van der Waals surface area contributed by atoms with Gasteiger partial charge in [0.15, 0.2) is 5.69 Å². The van der Waals surface area contributed by atoms with Crippen LogP contribution in [0, 0.1) is 43.4 Å². The van der Waals surface area contributed by atoms with E-state index in [1.54, 1.807) is 0 Å². The SMILES string of the molecule is CC(C)(C)c1ccc(Br)c(C#N)n1.Cc1cc(C)c(Cc2ccc(C(C)(C)C)nc2C#N)c(C)c1. The van der Waals surface area contributed by atoms with Crippen molar-refractivity contribution in [1.82, 2.24) is 9.97 Å². The highest BCUT2D eigenvalue weighted by atomic mass is 79.9. The summed E-state index contributed by atoms with van der Waals surface area (Å²) in [7, 11) is 0. The van der Waals surface area contributed by atoms with Gasteiger partial charge in [0.1, 0.15) is 17.8 Å². The number of nitrogens with zero attached hydrogens (tertiary/aromatic N) is 4. The Bertz CT molecular complexity index is 1270. The third-order valence-electron chi connectivity index (χ3n) is 5.78. The van der Waals surface area contributed by atoms with E-state index in [0.717, 1.165) is 27.8 Å². The monoisotopic (exact) mass is 530 g/mol. The minimum absolute atomic E-state index is 0.00764. The highest BCUT2D eigenvalue weighted by Gasteiger charge is 2.18. The maximum absolute atomic E-state index is 9.46. The van der Waals surface area contributed by atoms with Crippen molar-refractivity contribution in [3.8, 4) is 12.1 Å². The second-order valence-electron chi connectivity index (χ2n) is 11.0. The first-order chi connectivity index (χ1) is 16.2. The average molecular weight is 532 g/mol. The molecule has 0 saturated carbocycles. The molecular formula is C30H35BrN4. The standard InChI is InChI=1S/C20H24N2.C10H11BrN2/c1-13-9-14(2)17(15(3)10-13)11-16-7-8-19(20(4,5)6)22-18(16)12-21;1-10(2,3)9-5-4-7(11)8(6-12)13-9/h7-10H,11H2,1-6H3;4-5H,1-3H3. The number of rotatable bonds is 2. The van der Waals surface area contributed by atoms with Crippen molar-refractivity contribution >= 4 is 15.9 Å². The van der Waals surface area contributed by atoms with Gasteiger partial charge in [-0.25, -0.2) is 9.97 Å². The van der Waals surface area contributed by atoms with Crippen LogP contribution in [0.2, 0.25) is 0 Å². The van der Waals surface area contributed by atoms with Gasteiger partial charge in [-0.05, 0) is 77.2 Å². The molecule has 3 rings (SSSR count). The van der Waals surface area contributed by atoms with Gasteiger partial charge in [-0.15, -0.1) is 0 Å². The summed E-state index contributed by atoms with van der Waals surface area (Å²) in [6.45, 7) is 19.0. The summed E-state index contributed by atoms with van der Waals surface area (Å²) < 4.78 is 0.753. The fourth-order valence-electron chi connectivity index (χ4n) is 3.76. The molecule has 0 aliphatic heterocycles. The molecule has 4 nitrogen and oxygen atoms in total. The van der Waals surface area contributed by atoms with Crippen LogP contribution in [0.4, 0.5) is 0 Å². The molecule has 0 aliphatic rings. The van der Waals surface area contributed by atoms with E-state index >= 15 is 0 Å². The Labute approximate surface area is 219 Å². The van der Waals surface area contributed by atoms with Crippen LogP contribution in [0.25, 0.3) is 0 Å². The Kier molecular flexibility index (Phi) is 8.99. The zero-order valence-electron chi connectivity index (χ0n) is 22.3. The molecule has 0 spiro atoms. The summed E-state index contributed by atoms with van der Waals surface area (Å²) in [4.78, 5) is 8.83. The van der Waals surface area contributed by atoms with Crippen molar-refractivity contribution in [1.29, 1.82) is 10.5 Å². The average Bonchev–Trinajstić information content (AvgIpc) is 2.75. The van der Waals surface area contributed by atoms with E-state index in [-0.39, 0.29) is 10.8 Å². The van der Waals surface area contributed by atoms with Crippen molar-refractivity contribution in [3.05, 3.63) is 91.5 Å². The van der Waals surface area contributed by atoms with Gasteiger partial charge in [-0.2, -0.15) is 10.5 Å². The molecule has 0 radical (unpaired) electrons. The quantitative estimate of drug-likeness (QED) is 0.338. The molecule has 0 saturated heterocycles. The first kappa shape index (κ1) is 28.2. The molecule has 35 heavy (non-hydrogen) atoms. The number of aryl methyl sites for hydroxylation is 3. The van der Waals surface area contributed by atoms with Crippen LogP contribution in [0.5, 0.6) is 0 Å². The normalized spacial score (nSPS) is 11.2. The lowest BCUT2D eigenvalue weighted by molar-refractivity contribution is 0.567. The minimum Gasteiger partial charge on any atom is -0.241 e. The van der Waals surface area contributed by atoms with Gasteiger partial charge in [0.25, 0.3) is 0 Å². The first-order valence-electron chi connectivity index (χ1n) is 11.7. The highest BCUT2D eigenvalue weighted by Crippen LogP contribution is 2.25. The van der Waals surface area contributed by atoms with E-state index < -0.39 is 0 Å². The summed E-state index contributed by atoms with van der Waals surface area (Å²) in [5.74, 6) is 0. The van der Waals surface area contributed by atoms with Crippen molar-refractivity contribution in [2.75, 3.05) is 0 Å². The van der Waals surface area contributed by atoms with Gasteiger partial charge in [0.05, 0.1) is 4.47 Å². The van der Waals surface area contributed by atoms with Gasteiger partial charge in [0, 0.05) is 28.6 Å². The first-order valence-corrected chi connectivity index (χ1v) is 12.5. The Hall–Kier alpha value is -3.02. The van der Waals surface area contributed by atoms with E-state index in [9.17, 15) is 5.26 Å². The van der Waals surface area contributed by atoms with Crippen LogP contribution < -0.4 is 0 Å². The predicted octanol–water partition coefficient (Wildman–Crippen LogP) is 7.78. The van der Waals surface area contributed by atoms with E-state index in [2.05, 4.69) is 119 Å². The molecule has 182 valence electrons. The van der Waals surface area contributed by atoms with Crippen LogP contribution >= 0.6 is 15.9 Å². The third-order valence-corrected chi connectivity index (χ3v) is 6.42. The molecule has 0 amide bonds. The van der Waals surface area contributed by atoms with Crippen molar-refractivity contribution in [2.24, 2.45) is 0 Å². The summed E-state index contributed by atoms with van der Waals surface area (Å²) in [5.41, 5.74) is 8.99. The Morgan fingerprint density at radius 2 is 1.20 bits per heavy atom. The van der Waals surface area contributed by atoms with Gasteiger partial charge in [-0.1, -0.05) is 65.3 Å².